The van der Waals surface area contributed by atoms with E-state index >= 15 is 0 Å². The number of hydrogen-bond donors (Lipinski definition) is 1. The minimum absolute atomic E-state index is 0.272. The van der Waals surface area contributed by atoms with Crippen LogP contribution < -0.4 is 5.73 Å². The highest BCUT2D eigenvalue weighted by atomic mass is 16.6. The first kappa shape index (κ1) is 18.0. The van der Waals surface area contributed by atoms with Crippen LogP contribution in [0, 0.1) is 0 Å². The minimum atomic E-state index is -0.456. The zero-order valence-corrected chi connectivity index (χ0v) is 15.2. The van der Waals surface area contributed by atoms with Gasteiger partial charge in [-0.3, -0.25) is 4.57 Å². The van der Waals surface area contributed by atoms with E-state index < -0.39 is 6.23 Å². The van der Waals surface area contributed by atoms with Crippen molar-refractivity contribution in [2.45, 2.75) is 50.9 Å². The van der Waals surface area contributed by atoms with Crippen LogP contribution in [0.2, 0.25) is 0 Å². The molecule has 3 rings (SSSR count). The summed E-state index contributed by atoms with van der Waals surface area (Å²) in [6.07, 6.45) is 1.67. The summed E-state index contributed by atoms with van der Waals surface area (Å²) in [5.41, 5.74) is 6.72. The molecule has 1 fully saturated rings. The molecule has 0 aliphatic carbocycles. The Morgan fingerprint density at radius 3 is 2.52 bits per heavy atom. The Kier molecular flexibility index (Phi) is 4.92. The van der Waals surface area contributed by atoms with E-state index in [4.69, 9.17) is 24.7 Å². The number of aromatic nitrogens is 4. The third kappa shape index (κ3) is 3.45. The van der Waals surface area contributed by atoms with E-state index in [-0.39, 0.29) is 23.9 Å². The van der Waals surface area contributed by atoms with Gasteiger partial charge < -0.3 is 24.7 Å². The number of fused-ring (bicyclic) bond motifs is 1. The highest BCUT2D eigenvalue weighted by molar-refractivity contribution is 5.81. The Labute approximate surface area is 146 Å². The van der Waals surface area contributed by atoms with Crippen LogP contribution in [0.3, 0.4) is 0 Å². The summed E-state index contributed by atoms with van der Waals surface area (Å²) < 4.78 is 25.2. The fraction of sp³-hybridized carbons (Fsp3) is 0.688. The van der Waals surface area contributed by atoms with Gasteiger partial charge in [0.15, 0.2) is 17.7 Å². The van der Waals surface area contributed by atoms with Gasteiger partial charge in [-0.15, -0.1) is 0 Å². The molecule has 1 saturated heterocycles. The van der Waals surface area contributed by atoms with Gasteiger partial charge in [0.1, 0.15) is 30.2 Å². The second kappa shape index (κ2) is 6.83. The molecule has 1 aliphatic rings. The molecule has 0 spiro atoms. The summed E-state index contributed by atoms with van der Waals surface area (Å²) in [6.45, 7) is 6.39. The van der Waals surface area contributed by atoms with Gasteiger partial charge in [-0.05, 0) is 20.8 Å². The van der Waals surface area contributed by atoms with Crippen LogP contribution in [0.4, 0.5) is 5.82 Å². The number of imidazole rings is 1. The normalized spacial score (nSPS) is 27.2. The molecule has 1 aliphatic heterocycles. The van der Waals surface area contributed by atoms with Gasteiger partial charge in [0.2, 0.25) is 0 Å². The molecule has 9 nitrogen and oxygen atoms in total. The van der Waals surface area contributed by atoms with Gasteiger partial charge in [0.05, 0.1) is 18.5 Å². The monoisotopic (exact) mass is 351 g/mol. The van der Waals surface area contributed by atoms with Crippen LogP contribution >= 0.6 is 0 Å². The summed E-state index contributed by atoms with van der Waals surface area (Å²) in [4.78, 5) is 12.5. The van der Waals surface area contributed by atoms with E-state index in [1.165, 1.54) is 6.33 Å². The topological polar surface area (TPSA) is 107 Å². The van der Waals surface area contributed by atoms with Gasteiger partial charge in [0, 0.05) is 14.2 Å². The molecule has 2 N–H and O–H groups in total. The van der Waals surface area contributed by atoms with Gasteiger partial charge in [0.25, 0.3) is 0 Å². The lowest BCUT2D eigenvalue weighted by molar-refractivity contribution is -0.103. The number of nitrogens with zero attached hydrogens (tertiary/aromatic N) is 4. The van der Waals surface area contributed by atoms with Crippen molar-refractivity contribution in [3.05, 3.63) is 12.7 Å². The molecular formula is C16H25N5O4. The maximum Gasteiger partial charge on any atom is 0.167 e. The van der Waals surface area contributed by atoms with Crippen LogP contribution in [-0.4, -0.2) is 64.3 Å². The number of anilines is 1. The van der Waals surface area contributed by atoms with Crippen LogP contribution in [0.15, 0.2) is 12.7 Å². The fourth-order valence-electron chi connectivity index (χ4n) is 2.99. The number of methoxy groups -OCH3 is 2. The van der Waals surface area contributed by atoms with Crippen molar-refractivity contribution in [2.24, 2.45) is 0 Å². The molecule has 2 aromatic rings. The predicted molar refractivity (Wildman–Crippen MR) is 90.9 cm³/mol. The van der Waals surface area contributed by atoms with Crippen molar-refractivity contribution in [3.63, 3.8) is 0 Å². The average Bonchev–Trinajstić information content (AvgIpc) is 3.13. The molecule has 2 unspecified atom stereocenters. The van der Waals surface area contributed by atoms with Gasteiger partial charge in [-0.1, -0.05) is 0 Å². The van der Waals surface area contributed by atoms with E-state index in [1.54, 1.807) is 25.1 Å². The highest BCUT2D eigenvalue weighted by Gasteiger charge is 2.47. The number of nitrogen functional groups attached to an aromatic ring is 1. The molecule has 0 radical (unpaired) electrons. The van der Waals surface area contributed by atoms with Crippen LogP contribution in [0.5, 0.6) is 0 Å². The second-order valence-corrected chi connectivity index (χ2v) is 6.97. The third-order valence-corrected chi connectivity index (χ3v) is 4.17. The van der Waals surface area contributed by atoms with Crippen LogP contribution in [0.25, 0.3) is 11.2 Å². The van der Waals surface area contributed by atoms with Crippen LogP contribution in [0.1, 0.15) is 27.0 Å². The lowest BCUT2D eigenvalue weighted by Gasteiger charge is -2.25. The Hall–Kier alpha value is -1.81. The van der Waals surface area contributed by atoms with Gasteiger partial charge >= 0.3 is 0 Å². The quantitative estimate of drug-likeness (QED) is 0.855. The lowest BCUT2D eigenvalue weighted by Crippen LogP contribution is -2.38. The first-order valence-electron chi connectivity index (χ1n) is 8.13. The third-order valence-electron chi connectivity index (χ3n) is 4.17. The van der Waals surface area contributed by atoms with Crippen molar-refractivity contribution in [2.75, 3.05) is 26.6 Å². The molecule has 25 heavy (non-hydrogen) atoms. The van der Waals surface area contributed by atoms with Crippen LogP contribution in [-0.2, 0) is 18.9 Å². The Balaban J connectivity index is 1.90. The number of hydrogen-bond acceptors (Lipinski definition) is 8. The molecule has 9 heteroatoms. The summed E-state index contributed by atoms with van der Waals surface area (Å²) in [5, 5.41) is 0. The smallest absolute Gasteiger partial charge is 0.167 e. The molecule has 0 aromatic carbocycles. The molecule has 0 bridgehead atoms. The van der Waals surface area contributed by atoms with Gasteiger partial charge in [-0.25, -0.2) is 15.0 Å². The molecular weight excluding hydrogens is 326 g/mol. The molecule has 0 saturated carbocycles. The first-order valence-corrected chi connectivity index (χ1v) is 8.13. The Morgan fingerprint density at radius 1 is 1.16 bits per heavy atom. The summed E-state index contributed by atoms with van der Waals surface area (Å²) >= 11 is 0. The highest BCUT2D eigenvalue weighted by Crippen LogP contribution is 2.35. The number of nitrogens with two attached hydrogens (primary N) is 1. The molecule has 2 aromatic heterocycles. The first-order chi connectivity index (χ1) is 11.9. The van der Waals surface area contributed by atoms with E-state index in [1.807, 2.05) is 20.8 Å². The Bertz CT molecular complexity index is 729. The Morgan fingerprint density at radius 2 is 1.88 bits per heavy atom. The predicted octanol–water partition coefficient (Wildman–Crippen LogP) is 1.15. The second-order valence-electron chi connectivity index (χ2n) is 6.97. The maximum absolute atomic E-state index is 6.20. The molecule has 0 amide bonds. The van der Waals surface area contributed by atoms with Crippen molar-refractivity contribution in [1.29, 1.82) is 0 Å². The lowest BCUT2D eigenvalue weighted by atomic mass is 10.1. The average molecular weight is 351 g/mol. The van der Waals surface area contributed by atoms with E-state index in [2.05, 4.69) is 15.0 Å². The molecule has 4 atom stereocenters. The molecule has 3 heterocycles. The zero-order chi connectivity index (χ0) is 18.2. The SMILES string of the molecule is COC1C(OC)[C@@H](COC(C)(C)C)O[C@H]1n1cnc2c(N)ncnc21. The van der Waals surface area contributed by atoms with E-state index in [9.17, 15) is 0 Å². The van der Waals surface area contributed by atoms with Crippen molar-refractivity contribution < 1.29 is 18.9 Å². The van der Waals surface area contributed by atoms with E-state index in [0.29, 0.717) is 23.6 Å². The number of ether oxygens (including phenoxy) is 4. The summed E-state index contributed by atoms with van der Waals surface area (Å²) in [6, 6.07) is 0. The molecule has 138 valence electrons. The minimum Gasteiger partial charge on any atom is -0.382 e. The van der Waals surface area contributed by atoms with E-state index in [0.717, 1.165) is 0 Å². The standard InChI is InChI=1S/C16H25N5O4/c1-16(2,3)24-6-9-11(22-4)12(23-5)15(25-9)21-8-20-10-13(17)18-7-19-14(10)21/h7-9,11-12,15H,6H2,1-5H3,(H2,17,18,19)/t9-,11?,12?,15-/m1/s1. The fourth-order valence-corrected chi connectivity index (χ4v) is 2.99. The maximum atomic E-state index is 6.20. The zero-order valence-electron chi connectivity index (χ0n) is 15.2. The summed E-state index contributed by atoms with van der Waals surface area (Å²) in [5.74, 6) is 0.326. The largest absolute Gasteiger partial charge is 0.382 e. The van der Waals surface area contributed by atoms with Gasteiger partial charge in [-0.2, -0.15) is 0 Å². The van der Waals surface area contributed by atoms with Crippen molar-refractivity contribution in [1.82, 2.24) is 19.5 Å². The number of rotatable bonds is 5. The van der Waals surface area contributed by atoms with Crippen molar-refractivity contribution in [3.8, 4) is 0 Å². The van der Waals surface area contributed by atoms with Crippen molar-refractivity contribution >= 4 is 17.0 Å². The summed E-state index contributed by atoms with van der Waals surface area (Å²) in [7, 11) is 3.27.